The molecule has 18 heavy (non-hydrogen) atoms. The predicted octanol–water partition coefficient (Wildman–Crippen LogP) is 2.74. The van der Waals surface area contributed by atoms with E-state index in [0.29, 0.717) is 13.0 Å². The van der Waals surface area contributed by atoms with Crippen molar-refractivity contribution in [1.29, 1.82) is 0 Å². The minimum atomic E-state index is -0.782. The van der Waals surface area contributed by atoms with E-state index >= 15 is 0 Å². The summed E-state index contributed by atoms with van der Waals surface area (Å²) in [5, 5.41) is 12.2. The van der Waals surface area contributed by atoms with Gasteiger partial charge in [0.05, 0.1) is 5.41 Å². The molecule has 5 heteroatoms. The molecule has 0 atom stereocenters. The average Bonchev–Trinajstić information content (AvgIpc) is 2.75. The van der Waals surface area contributed by atoms with Crippen molar-refractivity contribution in [2.45, 2.75) is 20.3 Å². The molecule has 1 heterocycles. The van der Waals surface area contributed by atoms with Crippen LogP contribution in [-0.2, 0) is 4.79 Å². The first-order chi connectivity index (χ1) is 8.49. The molecule has 0 fully saturated rings. The molecule has 0 aliphatic carbocycles. The van der Waals surface area contributed by atoms with Gasteiger partial charge >= 0.3 is 5.97 Å². The summed E-state index contributed by atoms with van der Waals surface area (Å²) in [7, 11) is 0. The zero-order valence-electron chi connectivity index (χ0n) is 10.4. The molecule has 96 valence electrons. The molecular weight excluding hydrogens is 232 g/mol. The first-order valence-corrected chi connectivity index (χ1v) is 5.79. The van der Waals surface area contributed by atoms with Gasteiger partial charge in [-0.15, -0.1) is 0 Å². The van der Waals surface area contributed by atoms with E-state index in [4.69, 9.17) is 9.52 Å². The molecule has 1 aromatic carbocycles. The maximum atomic E-state index is 11.0. The molecule has 5 nitrogen and oxygen atoms in total. The summed E-state index contributed by atoms with van der Waals surface area (Å²) in [6.07, 6.45) is 1.96. The lowest BCUT2D eigenvalue weighted by Gasteiger charge is -2.19. The highest BCUT2D eigenvalue weighted by atomic mass is 16.4. The monoisotopic (exact) mass is 248 g/mol. The van der Waals surface area contributed by atoms with E-state index in [1.807, 2.05) is 18.2 Å². The Hall–Kier alpha value is -2.04. The van der Waals surface area contributed by atoms with Gasteiger partial charge in [0.1, 0.15) is 5.52 Å². The zero-order valence-corrected chi connectivity index (χ0v) is 10.4. The molecule has 0 saturated heterocycles. The smallest absolute Gasteiger partial charge is 0.309 e. The molecule has 0 amide bonds. The molecule has 1 aromatic heterocycles. The van der Waals surface area contributed by atoms with Crippen LogP contribution in [0.25, 0.3) is 11.1 Å². The van der Waals surface area contributed by atoms with Crippen LogP contribution >= 0.6 is 0 Å². The second-order valence-corrected chi connectivity index (χ2v) is 4.90. The van der Waals surface area contributed by atoms with Crippen molar-refractivity contribution in [3.8, 4) is 0 Å². The topological polar surface area (TPSA) is 75.4 Å². The van der Waals surface area contributed by atoms with Crippen LogP contribution < -0.4 is 5.32 Å². The number of carboxylic acids is 1. The quantitative estimate of drug-likeness (QED) is 0.850. The standard InChI is InChI=1S/C13H16N2O3/c1-13(2,12(16)17)5-6-14-9-3-4-10-11(7-9)18-8-15-10/h3-4,7-8,14H,5-6H2,1-2H3,(H,16,17). The fourth-order valence-electron chi connectivity index (χ4n) is 1.59. The number of fused-ring (bicyclic) bond motifs is 1. The van der Waals surface area contributed by atoms with Crippen molar-refractivity contribution >= 4 is 22.8 Å². The average molecular weight is 248 g/mol. The van der Waals surface area contributed by atoms with Gasteiger partial charge in [-0.05, 0) is 32.4 Å². The number of nitrogens with one attached hydrogen (secondary N) is 1. The Labute approximate surface area is 105 Å². The number of hydrogen-bond donors (Lipinski definition) is 2. The van der Waals surface area contributed by atoms with Gasteiger partial charge in [0, 0.05) is 18.3 Å². The second-order valence-electron chi connectivity index (χ2n) is 4.90. The third-order valence-electron chi connectivity index (χ3n) is 2.99. The van der Waals surface area contributed by atoms with Gasteiger partial charge in [-0.2, -0.15) is 0 Å². The predicted molar refractivity (Wildman–Crippen MR) is 68.5 cm³/mol. The molecular formula is C13H16N2O3. The normalized spacial score (nSPS) is 11.7. The fraction of sp³-hybridized carbons (Fsp3) is 0.385. The third kappa shape index (κ3) is 2.61. The van der Waals surface area contributed by atoms with Crippen LogP contribution in [0.2, 0.25) is 0 Å². The van der Waals surface area contributed by atoms with Gasteiger partial charge in [-0.25, -0.2) is 4.98 Å². The largest absolute Gasteiger partial charge is 0.481 e. The number of carboxylic acid groups (broad SMARTS) is 1. The van der Waals surface area contributed by atoms with Gasteiger partial charge in [-0.3, -0.25) is 4.79 Å². The molecule has 0 aliphatic rings. The van der Waals surface area contributed by atoms with Crippen LogP contribution in [0.4, 0.5) is 5.69 Å². The Morgan fingerprint density at radius 3 is 3.00 bits per heavy atom. The van der Waals surface area contributed by atoms with Crippen molar-refractivity contribution in [2.75, 3.05) is 11.9 Å². The number of aromatic nitrogens is 1. The Bertz CT molecular complexity index is 560. The minimum absolute atomic E-state index is 0.552. The highest BCUT2D eigenvalue weighted by Crippen LogP contribution is 2.22. The number of aliphatic carboxylic acids is 1. The molecule has 0 unspecified atom stereocenters. The van der Waals surface area contributed by atoms with Crippen molar-refractivity contribution in [2.24, 2.45) is 5.41 Å². The Balaban J connectivity index is 1.96. The zero-order chi connectivity index (χ0) is 13.2. The first kappa shape index (κ1) is 12.4. The molecule has 0 aliphatic heterocycles. The maximum Gasteiger partial charge on any atom is 0.309 e. The molecule has 0 saturated carbocycles. The highest BCUT2D eigenvalue weighted by molar-refractivity contribution is 5.76. The number of anilines is 1. The van der Waals surface area contributed by atoms with Crippen LogP contribution in [0.5, 0.6) is 0 Å². The maximum absolute atomic E-state index is 11.0. The van der Waals surface area contributed by atoms with E-state index < -0.39 is 11.4 Å². The Morgan fingerprint density at radius 2 is 2.28 bits per heavy atom. The van der Waals surface area contributed by atoms with Crippen LogP contribution in [0, 0.1) is 5.41 Å². The van der Waals surface area contributed by atoms with Crippen LogP contribution in [0.15, 0.2) is 29.0 Å². The Kier molecular flexibility index (Phi) is 3.23. The summed E-state index contributed by atoms with van der Waals surface area (Å²) in [4.78, 5) is 15.0. The molecule has 0 bridgehead atoms. The summed E-state index contributed by atoms with van der Waals surface area (Å²) < 4.78 is 5.20. The van der Waals surface area contributed by atoms with Gasteiger partial charge < -0.3 is 14.8 Å². The lowest BCUT2D eigenvalue weighted by atomic mass is 9.90. The third-order valence-corrected chi connectivity index (χ3v) is 2.99. The van der Waals surface area contributed by atoms with Crippen LogP contribution in [-0.4, -0.2) is 22.6 Å². The first-order valence-electron chi connectivity index (χ1n) is 5.79. The van der Waals surface area contributed by atoms with E-state index in [0.717, 1.165) is 16.8 Å². The fourth-order valence-corrected chi connectivity index (χ4v) is 1.59. The van der Waals surface area contributed by atoms with Gasteiger partial charge in [-0.1, -0.05) is 0 Å². The van der Waals surface area contributed by atoms with Gasteiger partial charge in [0.25, 0.3) is 0 Å². The molecule has 0 radical (unpaired) electrons. The number of hydrogen-bond acceptors (Lipinski definition) is 4. The highest BCUT2D eigenvalue weighted by Gasteiger charge is 2.26. The van der Waals surface area contributed by atoms with E-state index in [2.05, 4.69) is 10.3 Å². The molecule has 0 spiro atoms. The molecule has 2 rings (SSSR count). The summed E-state index contributed by atoms with van der Waals surface area (Å²) in [5.74, 6) is -0.782. The van der Waals surface area contributed by atoms with E-state index in [9.17, 15) is 4.79 Å². The Morgan fingerprint density at radius 1 is 1.50 bits per heavy atom. The minimum Gasteiger partial charge on any atom is -0.481 e. The van der Waals surface area contributed by atoms with Crippen molar-refractivity contribution < 1.29 is 14.3 Å². The van der Waals surface area contributed by atoms with E-state index in [1.54, 1.807) is 13.8 Å². The molecule has 2 N–H and O–H groups in total. The number of oxazole rings is 1. The van der Waals surface area contributed by atoms with Crippen molar-refractivity contribution in [3.05, 3.63) is 24.6 Å². The number of nitrogens with zero attached hydrogens (tertiary/aromatic N) is 1. The second kappa shape index (κ2) is 4.68. The number of carbonyl (C=O) groups is 1. The van der Waals surface area contributed by atoms with E-state index in [-0.39, 0.29) is 0 Å². The summed E-state index contributed by atoms with van der Waals surface area (Å²) in [6.45, 7) is 4.03. The van der Waals surface area contributed by atoms with E-state index in [1.165, 1.54) is 6.39 Å². The number of benzene rings is 1. The van der Waals surface area contributed by atoms with Crippen LogP contribution in [0.1, 0.15) is 20.3 Å². The SMILES string of the molecule is CC(C)(CCNc1ccc2ncoc2c1)C(=O)O. The van der Waals surface area contributed by atoms with Crippen molar-refractivity contribution in [3.63, 3.8) is 0 Å². The summed E-state index contributed by atoms with van der Waals surface area (Å²) >= 11 is 0. The van der Waals surface area contributed by atoms with Crippen LogP contribution in [0.3, 0.4) is 0 Å². The molecule has 2 aromatic rings. The lowest BCUT2D eigenvalue weighted by molar-refractivity contribution is -0.147. The van der Waals surface area contributed by atoms with Gasteiger partial charge in [0.15, 0.2) is 12.0 Å². The lowest BCUT2D eigenvalue weighted by Crippen LogP contribution is -2.26. The summed E-state index contributed by atoms with van der Waals surface area (Å²) in [6, 6.07) is 5.62. The summed E-state index contributed by atoms with van der Waals surface area (Å²) in [5.41, 5.74) is 1.72. The van der Waals surface area contributed by atoms with Crippen molar-refractivity contribution in [1.82, 2.24) is 4.98 Å². The van der Waals surface area contributed by atoms with Gasteiger partial charge in [0.2, 0.25) is 0 Å². The number of rotatable bonds is 5.